The lowest BCUT2D eigenvalue weighted by Gasteiger charge is -2.07. The Morgan fingerprint density at radius 2 is 1.94 bits per heavy atom. The van der Waals surface area contributed by atoms with E-state index in [0.717, 1.165) is 0 Å². The van der Waals surface area contributed by atoms with Crippen molar-refractivity contribution in [1.82, 2.24) is 0 Å². The van der Waals surface area contributed by atoms with Gasteiger partial charge in [0.25, 0.3) is 0 Å². The summed E-state index contributed by atoms with van der Waals surface area (Å²) in [6.45, 7) is 0. The molecule has 0 spiro atoms. The second-order valence-corrected chi connectivity index (χ2v) is 3.94. The van der Waals surface area contributed by atoms with Gasteiger partial charge in [0.05, 0.1) is 11.3 Å². The van der Waals surface area contributed by atoms with Crippen molar-refractivity contribution >= 4 is 28.9 Å². The molecule has 1 aromatic heterocycles. The van der Waals surface area contributed by atoms with Gasteiger partial charge in [-0.1, -0.05) is 28.4 Å². The SMILES string of the molecule is O/N=C(\c1ccco1)c1ccc(O)c(Cl)c1Cl. The number of oxime groups is 1. The predicted octanol–water partition coefficient (Wildman–Crippen LogP) is 3.52. The van der Waals surface area contributed by atoms with Crippen LogP contribution in [0.25, 0.3) is 0 Å². The quantitative estimate of drug-likeness (QED) is 0.499. The summed E-state index contributed by atoms with van der Waals surface area (Å²) in [5.74, 6) is 0.202. The van der Waals surface area contributed by atoms with Gasteiger partial charge in [0, 0.05) is 5.56 Å². The van der Waals surface area contributed by atoms with E-state index in [4.69, 9.17) is 32.8 Å². The van der Waals surface area contributed by atoms with Crippen LogP contribution in [0.1, 0.15) is 11.3 Å². The molecule has 2 rings (SSSR count). The molecular weight excluding hydrogens is 265 g/mol. The topological polar surface area (TPSA) is 66.0 Å². The molecule has 1 heterocycles. The molecule has 0 aliphatic rings. The summed E-state index contributed by atoms with van der Waals surface area (Å²) in [6.07, 6.45) is 1.44. The molecule has 6 heteroatoms. The van der Waals surface area contributed by atoms with E-state index in [1.165, 1.54) is 18.4 Å². The van der Waals surface area contributed by atoms with Crippen LogP contribution in [-0.4, -0.2) is 16.0 Å². The minimum Gasteiger partial charge on any atom is -0.506 e. The minimum atomic E-state index is -0.142. The molecule has 0 saturated heterocycles. The fourth-order valence-electron chi connectivity index (χ4n) is 1.37. The Morgan fingerprint density at radius 3 is 2.53 bits per heavy atom. The highest BCUT2D eigenvalue weighted by Gasteiger charge is 2.17. The van der Waals surface area contributed by atoms with Crippen LogP contribution in [-0.2, 0) is 0 Å². The second-order valence-electron chi connectivity index (χ2n) is 3.19. The Kier molecular flexibility index (Phi) is 3.26. The molecule has 0 aliphatic carbocycles. The van der Waals surface area contributed by atoms with Crippen LogP contribution in [0.3, 0.4) is 0 Å². The summed E-state index contributed by atoms with van der Waals surface area (Å²) in [5.41, 5.74) is 0.508. The predicted molar refractivity (Wildman–Crippen MR) is 64.3 cm³/mol. The van der Waals surface area contributed by atoms with Crippen molar-refractivity contribution < 1.29 is 14.7 Å². The Bertz CT molecular complexity index is 564. The number of nitrogens with zero attached hydrogens (tertiary/aromatic N) is 1. The third-order valence-electron chi connectivity index (χ3n) is 2.17. The van der Waals surface area contributed by atoms with Crippen molar-refractivity contribution in [2.75, 3.05) is 0 Å². The molecule has 0 unspecified atom stereocenters. The van der Waals surface area contributed by atoms with E-state index in [0.29, 0.717) is 11.3 Å². The lowest BCUT2D eigenvalue weighted by atomic mass is 10.1. The average Bonchev–Trinajstić information content (AvgIpc) is 2.84. The van der Waals surface area contributed by atoms with E-state index >= 15 is 0 Å². The van der Waals surface area contributed by atoms with E-state index in [1.807, 2.05) is 0 Å². The monoisotopic (exact) mass is 271 g/mol. The highest BCUT2D eigenvalue weighted by molar-refractivity contribution is 6.45. The first-order valence-corrected chi connectivity index (χ1v) is 5.34. The van der Waals surface area contributed by atoms with Crippen molar-refractivity contribution in [3.63, 3.8) is 0 Å². The molecule has 0 saturated carbocycles. The van der Waals surface area contributed by atoms with E-state index in [-0.39, 0.29) is 21.5 Å². The van der Waals surface area contributed by atoms with Crippen LogP contribution in [0.2, 0.25) is 10.0 Å². The van der Waals surface area contributed by atoms with Gasteiger partial charge < -0.3 is 14.7 Å². The minimum absolute atomic E-state index is 0.00290. The highest BCUT2D eigenvalue weighted by Crippen LogP contribution is 2.34. The number of benzene rings is 1. The van der Waals surface area contributed by atoms with Crippen LogP contribution in [0.4, 0.5) is 0 Å². The fourth-order valence-corrected chi connectivity index (χ4v) is 1.79. The fraction of sp³-hybridized carbons (Fsp3) is 0. The van der Waals surface area contributed by atoms with Gasteiger partial charge in [-0.05, 0) is 24.3 Å². The first-order chi connectivity index (χ1) is 8.15. The van der Waals surface area contributed by atoms with Crippen molar-refractivity contribution in [3.8, 4) is 5.75 Å². The van der Waals surface area contributed by atoms with Gasteiger partial charge in [0.2, 0.25) is 0 Å². The Hall–Kier alpha value is -1.65. The first-order valence-electron chi connectivity index (χ1n) is 4.58. The molecule has 2 N–H and O–H groups in total. The number of furan rings is 1. The number of phenols is 1. The zero-order valence-electron chi connectivity index (χ0n) is 8.39. The van der Waals surface area contributed by atoms with Gasteiger partial charge in [-0.15, -0.1) is 0 Å². The maximum atomic E-state index is 9.37. The molecule has 1 aromatic carbocycles. The molecule has 17 heavy (non-hydrogen) atoms. The largest absolute Gasteiger partial charge is 0.506 e. The number of hydrogen-bond acceptors (Lipinski definition) is 4. The molecule has 2 aromatic rings. The molecular formula is C11H7Cl2NO3. The summed E-state index contributed by atoms with van der Waals surface area (Å²) >= 11 is 11.8. The Balaban J connectivity index is 2.58. The van der Waals surface area contributed by atoms with Gasteiger partial charge in [0.15, 0.2) is 11.5 Å². The number of hydrogen-bond donors (Lipinski definition) is 2. The maximum Gasteiger partial charge on any atom is 0.156 e. The molecule has 0 amide bonds. The van der Waals surface area contributed by atoms with Gasteiger partial charge in [-0.25, -0.2) is 0 Å². The van der Waals surface area contributed by atoms with Crippen molar-refractivity contribution in [3.05, 3.63) is 51.9 Å². The number of aromatic hydroxyl groups is 1. The van der Waals surface area contributed by atoms with Crippen molar-refractivity contribution in [2.45, 2.75) is 0 Å². The zero-order chi connectivity index (χ0) is 12.4. The van der Waals surface area contributed by atoms with Crippen molar-refractivity contribution in [1.29, 1.82) is 0 Å². The third-order valence-corrected chi connectivity index (χ3v) is 3.04. The molecule has 0 fully saturated rings. The highest BCUT2D eigenvalue weighted by atomic mass is 35.5. The first kappa shape index (κ1) is 11.8. The smallest absolute Gasteiger partial charge is 0.156 e. The maximum absolute atomic E-state index is 9.37. The standard InChI is InChI=1S/C11H7Cl2NO3/c12-9-6(3-4-7(15)10(9)13)11(14-16)8-2-1-5-17-8/h1-5,15-16H/b14-11-. The van der Waals surface area contributed by atoms with Gasteiger partial charge in [-0.3, -0.25) is 0 Å². The summed E-state index contributed by atoms with van der Waals surface area (Å²) < 4.78 is 5.11. The second kappa shape index (κ2) is 4.69. The van der Waals surface area contributed by atoms with Crippen LogP contribution in [0, 0.1) is 0 Å². The molecule has 0 aliphatic heterocycles. The summed E-state index contributed by atoms with van der Waals surface area (Å²) in [7, 11) is 0. The van der Waals surface area contributed by atoms with Crippen molar-refractivity contribution in [2.24, 2.45) is 5.16 Å². The van der Waals surface area contributed by atoms with Gasteiger partial charge in [0.1, 0.15) is 10.8 Å². The molecule has 0 radical (unpaired) electrons. The number of rotatable bonds is 2. The van der Waals surface area contributed by atoms with Crippen LogP contribution in [0.15, 0.2) is 40.1 Å². The molecule has 0 bridgehead atoms. The molecule has 4 nitrogen and oxygen atoms in total. The summed E-state index contributed by atoms with van der Waals surface area (Å²) in [6, 6.07) is 6.11. The van der Waals surface area contributed by atoms with Gasteiger partial charge in [-0.2, -0.15) is 0 Å². The van der Waals surface area contributed by atoms with Crippen LogP contribution in [0.5, 0.6) is 5.75 Å². The van der Waals surface area contributed by atoms with Crippen LogP contribution >= 0.6 is 23.2 Å². The summed E-state index contributed by atoms with van der Waals surface area (Å²) in [5, 5.41) is 21.6. The van der Waals surface area contributed by atoms with E-state index < -0.39 is 0 Å². The third kappa shape index (κ3) is 2.09. The zero-order valence-corrected chi connectivity index (χ0v) is 9.90. The number of halogens is 2. The van der Waals surface area contributed by atoms with E-state index in [9.17, 15) is 5.11 Å². The van der Waals surface area contributed by atoms with Gasteiger partial charge >= 0.3 is 0 Å². The molecule has 0 atom stereocenters. The lowest BCUT2D eigenvalue weighted by Crippen LogP contribution is -2.03. The average molecular weight is 272 g/mol. The molecule has 88 valence electrons. The summed E-state index contributed by atoms with van der Waals surface area (Å²) in [4.78, 5) is 0. The normalized spacial score (nSPS) is 11.8. The Morgan fingerprint density at radius 1 is 1.18 bits per heavy atom. The number of phenolic OH excluding ortho intramolecular Hbond substituents is 1. The van der Waals surface area contributed by atoms with E-state index in [1.54, 1.807) is 12.1 Å². The van der Waals surface area contributed by atoms with Crippen LogP contribution < -0.4 is 0 Å². The van der Waals surface area contributed by atoms with E-state index in [2.05, 4.69) is 5.16 Å². The Labute approximate surface area is 107 Å². The lowest BCUT2D eigenvalue weighted by molar-refractivity contribution is 0.318.